The smallest absolute Gasteiger partial charge is 0.352 e. The van der Waals surface area contributed by atoms with E-state index < -0.39 is 28.1 Å². The number of hydrogen-bond donors (Lipinski definition) is 1. The van der Waals surface area contributed by atoms with Gasteiger partial charge in [0.25, 0.3) is 0 Å². The summed E-state index contributed by atoms with van der Waals surface area (Å²) in [5.41, 5.74) is -1.65. The standard InChI is InChI=1S/C28H23F4N5O3S3/c1-2-18(38)35-5-7-36(8-6-35)24-15-9-16(28(30,31)32)19(14-3-4-17(29)22-20(14)33-26(40)43-22)23-21(15)37(25(39)34-24)10-27(13-42-23)11-41-12-27/h2-4,9H,1,5-8,10-13H2,(H,33,40). The molecule has 0 atom stereocenters. The Labute approximate surface area is 253 Å². The van der Waals surface area contributed by atoms with E-state index in [4.69, 9.17) is 0 Å². The Hall–Kier alpha value is -3.30. The number of aromatic nitrogens is 3. The number of amides is 1. The number of nitrogens with one attached hydrogen (secondary N) is 1. The predicted molar refractivity (Wildman–Crippen MR) is 162 cm³/mol. The molecule has 4 aromatic rings. The fraction of sp³-hybridized carbons (Fsp3) is 0.357. The van der Waals surface area contributed by atoms with Crippen LogP contribution < -0.4 is 15.5 Å². The summed E-state index contributed by atoms with van der Waals surface area (Å²) in [6, 6.07) is 3.36. The number of H-pyrrole nitrogens is 1. The lowest BCUT2D eigenvalue weighted by molar-refractivity contribution is -0.137. The van der Waals surface area contributed by atoms with Crippen LogP contribution in [0.15, 0.2) is 45.3 Å². The molecule has 2 aromatic carbocycles. The van der Waals surface area contributed by atoms with Crippen molar-refractivity contribution in [2.45, 2.75) is 17.6 Å². The number of carbonyl (C=O) groups is 1. The second-order valence-electron chi connectivity index (χ2n) is 10.9. The Bertz CT molecular complexity index is 1960. The molecule has 3 aliphatic heterocycles. The molecule has 0 radical (unpaired) electrons. The van der Waals surface area contributed by atoms with Crippen molar-refractivity contribution < 1.29 is 22.4 Å². The van der Waals surface area contributed by atoms with Gasteiger partial charge in [-0.1, -0.05) is 17.9 Å². The van der Waals surface area contributed by atoms with E-state index in [-0.39, 0.29) is 61.9 Å². The van der Waals surface area contributed by atoms with Gasteiger partial charge in [-0.25, -0.2) is 9.18 Å². The van der Waals surface area contributed by atoms with Gasteiger partial charge in [-0.3, -0.25) is 14.2 Å². The Kier molecular flexibility index (Phi) is 6.70. The minimum Gasteiger partial charge on any atom is -0.352 e. The molecule has 0 aliphatic carbocycles. The minimum absolute atomic E-state index is 0.0129. The summed E-state index contributed by atoms with van der Waals surface area (Å²) in [6.45, 7) is 4.95. The van der Waals surface area contributed by atoms with Crippen LogP contribution in [0.5, 0.6) is 0 Å². The first kappa shape index (κ1) is 28.5. The summed E-state index contributed by atoms with van der Waals surface area (Å²) in [6.07, 6.45) is -3.62. The van der Waals surface area contributed by atoms with Crippen molar-refractivity contribution in [2.75, 3.05) is 48.3 Å². The molecule has 0 unspecified atom stereocenters. The number of benzene rings is 2. The highest BCUT2D eigenvalue weighted by molar-refractivity contribution is 8.01. The van der Waals surface area contributed by atoms with Gasteiger partial charge < -0.3 is 14.8 Å². The van der Waals surface area contributed by atoms with Crippen molar-refractivity contribution >= 4 is 67.7 Å². The quantitative estimate of drug-likeness (QED) is 0.252. The van der Waals surface area contributed by atoms with Crippen LogP contribution in [0.25, 0.3) is 32.2 Å². The van der Waals surface area contributed by atoms with Crippen molar-refractivity contribution in [1.29, 1.82) is 0 Å². The Morgan fingerprint density at radius 3 is 2.51 bits per heavy atom. The second-order valence-corrected chi connectivity index (χ2v) is 13.9. The first-order valence-electron chi connectivity index (χ1n) is 13.4. The zero-order valence-electron chi connectivity index (χ0n) is 22.4. The maximum atomic E-state index is 15.0. The number of thiazole rings is 1. The van der Waals surface area contributed by atoms with Crippen molar-refractivity contribution in [1.82, 2.24) is 19.4 Å². The van der Waals surface area contributed by atoms with Crippen LogP contribution in [0.1, 0.15) is 5.56 Å². The second kappa shape index (κ2) is 10.1. The fourth-order valence-electron chi connectivity index (χ4n) is 6.06. The summed E-state index contributed by atoms with van der Waals surface area (Å²) in [4.78, 5) is 48.0. The number of rotatable bonds is 3. The molecule has 5 heterocycles. The van der Waals surface area contributed by atoms with Gasteiger partial charge in [0.1, 0.15) is 11.6 Å². The normalized spacial score (nSPS) is 18.2. The number of nitrogens with zero attached hydrogens (tertiary/aromatic N) is 4. The molecule has 224 valence electrons. The zero-order chi connectivity index (χ0) is 30.3. The summed E-state index contributed by atoms with van der Waals surface area (Å²) in [5, 5.41) is 0.183. The highest BCUT2D eigenvalue weighted by Gasteiger charge is 2.44. The molecule has 0 saturated carbocycles. The molecule has 2 aromatic heterocycles. The van der Waals surface area contributed by atoms with Gasteiger partial charge in [-0.05, 0) is 24.3 Å². The monoisotopic (exact) mass is 649 g/mol. The average molecular weight is 650 g/mol. The van der Waals surface area contributed by atoms with Crippen molar-refractivity contribution in [3.63, 3.8) is 0 Å². The lowest BCUT2D eigenvalue weighted by Gasteiger charge is -2.40. The molecule has 3 aliphatic rings. The minimum atomic E-state index is -4.83. The summed E-state index contributed by atoms with van der Waals surface area (Å²) in [7, 11) is 0. The fourth-order valence-corrected chi connectivity index (χ4v) is 9.72. The third-order valence-electron chi connectivity index (χ3n) is 8.20. The molecule has 43 heavy (non-hydrogen) atoms. The van der Waals surface area contributed by atoms with Gasteiger partial charge in [0, 0.05) is 76.8 Å². The molecule has 2 fully saturated rings. The Morgan fingerprint density at radius 1 is 1.12 bits per heavy atom. The van der Waals surface area contributed by atoms with Gasteiger partial charge in [-0.2, -0.15) is 29.9 Å². The van der Waals surface area contributed by atoms with Gasteiger partial charge in [0.2, 0.25) is 5.91 Å². The van der Waals surface area contributed by atoms with E-state index in [1.165, 1.54) is 28.5 Å². The van der Waals surface area contributed by atoms with Gasteiger partial charge in [-0.15, -0.1) is 11.8 Å². The van der Waals surface area contributed by atoms with Crippen LogP contribution in [0.2, 0.25) is 0 Å². The van der Waals surface area contributed by atoms with Gasteiger partial charge in [0.05, 0.1) is 21.3 Å². The number of aromatic amines is 1. The third-order valence-corrected chi connectivity index (χ3v) is 12.2. The number of alkyl halides is 3. The van der Waals surface area contributed by atoms with E-state index in [0.717, 1.165) is 23.6 Å². The maximum Gasteiger partial charge on any atom is 0.417 e. The summed E-state index contributed by atoms with van der Waals surface area (Å²) < 4.78 is 61.2. The van der Waals surface area contributed by atoms with Crippen LogP contribution in [-0.2, 0) is 17.5 Å². The summed E-state index contributed by atoms with van der Waals surface area (Å²) >= 11 is 3.57. The largest absolute Gasteiger partial charge is 0.417 e. The zero-order valence-corrected chi connectivity index (χ0v) is 24.9. The average Bonchev–Trinajstić information content (AvgIpc) is 3.25. The number of fused-ring (bicyclic) bond motifs is 1. The highest BCUT2D eigenvalue weighted by atomic mass is 32.2. The predicted octanol–water partition coefficient (Wildman–Crippen LogP) is 4.80. The van der Waals surface area contributed by atoms with Crippen LogP contribution in [0.4, 0.5) is 23.4 Å². The number of anilines is 1. The molecular formula is C28H23F4N5O3S3. The Balaban J connectivity index is 1.53. The molecule has 1 spiro atoms. The number of piperazine rings is 1. The van der Waals surface area contributed by atoms with Crippen molar-refractivity contribution in [3.05, 3.63) is 62.4 Å². The van der Waals surface area contributed by atoms with Crippen LogP contribution in [0, 0.1) is 11.2 Å². The molecule has 7 rings (SSSR count). The number of thioether (sulfide) groups is 2. The number of halogens is 4. The highest BCUT2D eigenvalue weighted by Crippen LogP contribution is 2.53. The molecular weight excluding hydrogens is 627 g/mol. The maximum absolute atomic E-state index is 15.0. The van der Waals surface area contributed by atoms with Crippen molar-refractivity contribution in [3.8, 4) is 11.1 Å². The SMILES string of the molecule is C=CC(=O)N1CCN(c2nc(=O)n3c4c(c(-c5ccc(F)c6sc(=O)[nH]c56)c(C(F)(F)F)cc24)SCC2(CSC2)C3)CC1. The number of hydrogen-bond acceptors (Lipinski definition) is 8. The van der Waals surface area contributed by atoms with Crippen LogP contribution in [0.3, 0.4) is 0 Å². The topological polar surface area (TPSA) is 91.3 Å². The molecule has 1 amide bonds. The molecule has 0 bridgehead atoms. The van der Waals surface area contributed by atoms with Gasteiger partial charge >= 0.3 is 16.7 Å². The lowest BCUT2D eigenvalue weighted by Crippen LogP contribution is -2.49. The Morgan fingerprint density at radius 2 is 1.86 bits per heavy atom. The van der Waals surface area contributed by atoms with E-state index in [1.807, 2.05) is 0 Å². The van der Waals surface area contributed by atoms with E-state index in [2.05, 4.69) is 16.5 Å². The first-order valence-corrected chi connectivity index (χ1v) is 16.3. The van der Waals surface area contributed by atoms with E-state index in [1.54, 1.807) is 21.6 Å². The summed E-state index contributed by atoms with van der Waals surface area (Å²) in [5.74, 6) is 1.16. The van der Waals surface area contributed by atoms with E-state index >= 15 is 13.2 Å². The molecule has 15 heteroatoms. The molecule has 2 saturated heterocycles. The van der Waals surface area contributed by atoms with Gasteiger partial charge in [0.15, 0.2) is 0 Å². The van der Waals surface area contributed by atoms with Crippen molar-refractivity contribution in [2.24, 2.45) is 5.41 Å². The van der Waals surface area contributed by atoms with E-state index in [9.17, 15) is 18.8 Å². The number of carbonyl (C=O) groups excluding carboxylic acids is 1. The molecule has 8 nitrogen and oxygen atoms in total. The van der Waals surface area contributed by atoms with Crippen LogP contribution >= 0.6 is 34.9 Å². The molecule has 1 N–H and O–H groups in total. The third kappa shape index (κ3) is 4.58. The van der Waals surface area contributed by atoms with E-state index in [0.29, 0.717) is 42.2 Å². The lowest BCUT2D eigenvalue weighted by atomic mass is 9.93. The van der Waals surface area contributed by atoms with Crippen LogP contribution in [-0.4, -0.2) is 68.8 Å². The first-order chi connectivity index (χ1) is 20.5.